The van der Waals surface area contributed by atoms with Gasteiger partial charge in [0, 0.05) is 32.4 Å². The van der Waals surface area contributed by atoms with E-state index in [1.165, 1.54) is 11.8 Å². The highest BCUT2D eigenvalue weighted by Gasteiger charge is 2.23. The molecule has 1 atom stereocenters. The summed E-state index contributed by atoms with van der Waals surface area (Å²) >= 11 is 1.51. The van der Waals surface area contributed by atoms with Crippen molar-refractivity contribution in [2.24, 2.45) is 0 Å². The first-order valence-electron chi connectivity index (χ1n) is 7.94. The van der Waals surface area contributed by atoms with E-state index >= 15 is 0 Å². The first kappa shape index (κ1) is 19.8. The molecule has 0 aliphatic carbocycles. The molecule has 0 aromatic carbocycles. The van der Waals surface area contributed by atoms with Crippen LogP contribution in [0.2, 0.25) is 0 Å². The molecule has 23 heavy (non-hydrogen) atoms. The second-order valence-electron chi connectivity index (χ2n) is 5.78. The van der Waals surface area contributed by atoms with Gasteiger partial charge in [-0.2, -0.15) is 0 Å². The number of hydrogen-bond donors (Lipinski definition) is 0. The number of nitrogens with zero attached hydrogens (tertiary/aromatic N) is 3. The van der Waals surface area contributed by atoms with Crippen LogP contribution in [0.15, 0.2) is 17.3 Å². The van der Waals surface area contributed by atoms with Crippen molar-refractivity contribution in [3.63, 3.8) is 0 Å². The van der Waals surface area contributed by atoms with Gasteiger partial charge in [-0.25, -0.2) is 4.98 Å². The van der Waals surface area contributed by atoms with E-state index < -0.39 is 0 Å². The topological polar surface area (TPSA) is 47.4 Å². The van der Waals surface area contributed by atoms with Gasteiger partial charge in [-0.15, -0.1) is 0 Å². The lowest BCUT2D eigenvalue weighted by atomic mass is 10.3. The molecule has 130 valence electrons. The Kier molecular flexibility index (Phi) is 7.85. The molecular formula is C17H29N3O2S. The van der Waals surface area contributed by atoms with Gasteiger partial charge < -0.3 is 14.2 Å². The summed E-state index contributed by atoms with van der Waals surface area (Å²) in [5, 5.41) is 0.695. The van der Waals surface area contributed by atoms with Crippen LogP contribution in [0.3, 0.4) is 0 Å². The molecule has 0 fully saturated rings. The first-order chi connectivity index (χ1) is 10.8. The van der Waals surface area contributed by atoms with E-state index in [4.69, 9.17) is 4.74 Å². The summed E-state index contributed by atoms with van der Waals surface area (Å²) in [5.74, 6) is 0.122. The summed E-state index contributed by atoms with van der Waals surface area (Å²) in [6, 6.07) is 0. The van der Waals surface area contributed by atoms with Gasteiger partial charge in [0.25, 0.3) is 0 Å². The fraction of sp³-hybridized carbons (Fsp3) is 0.647. The molecule has 0 N–H and O–H groups in total. The average molecular weight is 340 g/mol. The third kappa shape index (κ3) is 5.39. The van der Waals surface area contributed by atoms with Gasteiger partial charge in [0.2, 0.25) is 5.91 Å². The van der Waals surface area contributed by atoms with Gasteiger partial charge in [0.15, 0.2) is 5.16 Å². The first-order valence-corrected chi connectivity index (χ1v) is 8.82. The SMILES string of the molecule is C=C(C)CN(CC)C(=O)C(C)Sc1nc(C)c(C)n1CCOC. The molecule has 0 radical (unpaired) electrons. The molecule has 1 aromatic heterocycles. The van der Waals surface area contributed by atoms with Crippen LogP contribution < -0.4 is 0 Å². The zero-order valence-electron chi connectivity index (χ0n) is 15.2. The number of aryl methyl sites for hydroxylation is 1. The number of hydrogen-bond acceptors (Lipinski definition) is 4. The van der Waals surface area contributed by atoms with Crippen LogP contribution in [0.25, 0.3) is 0 Å². The number of amides is 1. The molecule has 1 aromatic rings. The van der Waals surface area contributed by atoms with E-state index in [2.05, 4.69) is 16.1 Å². The average Bonchev–Trinajstić information content (AvgIpc) is 2.76. The van der Waals surface area contributed by atoms with Gasteiger partial charge in [-0.05, 0) is 34.6 Å². The van der Waals surface area contributed by atoms with E-state index in [0.717, 1.165) is 28.7 Å². The Labute approximate surface area is 144 Å². The van der Waals surface area contributed by atoms with Crippen molar-refractivity contribution >= 4 is 17.7 Å². The number of methoxy groups -OCH3 is 1. The lowest BCUT2D eigenvalue weighted by Crippen LogP contribution is -2.37. The number of likely N-dealkylation sites (N-methyl/N-ethyl adjacent to an activating group) is 1. The highest BCUT2D eigenvalue weighted by molar-refractivity contribution is 8.00. The Morgan fingerprint density at radius 2 is 2.13 bits per heavy atom. The molecule has 0 saturated carbocycles. The van der Waals surface area contributed by atoms with Gasteiger partial charge in [0.05, 0.1) is 17.6 Å². The minimum Gasteiger partial charge on any atom is -0.383 e. The number of imidazole rings is 1. The fourth-order valence-electron chi connectivity index (χ4n) is 2.30. The molecule has 0 spiro atoms. The van der Waals surface area contributed by atoms with Crippen LogP contribution in [0.4, 0.5) is 0 Å². The Bertz CT molecular complexity index is 554. The predicted molar refractivity (Wildman–Crippen MR) is 96.0 cm³/mol. The quantitative estimate of drug-likeness (QED) is 0.512. The number of ether oxygens (including phenoxy) is 1. The zero-order chi connectivity index (χ0) is 17.6. The number of thioether (sulfide) groups is 1. The van der Waals surface area contributed by atoms with Crippen molar-refractivity contribution in [3.8, 4) is 0 Å². The van der Waals surface area contributed by atoms with Crippen molar-refractivity contribution in [1.29, 1.82) is 0 Å². The van der Waals surface area contributed by atoms with Crippen molar-refractivity contribution in [2.75, 3.05) is 26.8 Å². The largest absolute Gasteiger partial charge is 0.383 e. The summed E-state index contributed by atoms with van der Waals surface area (Å²) in [5.41, 5.74) is 3.11. The van der Waals surface area contributed by atoms with E-state index in [0.29, 0.717) is 19.7 Å². The van der Waals surface area contributed by atoms with Crippen molar-refractivity contribution < 1.29 is 9.53 Å². The van der Waals surface area contributed by atoms with Crippen LogP contribution in [0, 0.1) is 13.8 Å². The van der Waals surface area contributed by atoms with Gasteiger partial charge in [0.1, 0.15) is 0 Å². The Morgan fingerprint density at radius 3 is 2.65 bits per heavy atom. The molecule has 1 unspecified atom stereocenters. The molecule has 6 heteroatoms. The van der Waals surface area contributed by atoms with Gasteiger partial charge in [-0.1, -0.05) is 23.9 Å². The normalized spacial score (nSPS) is 12.3. The standard InChI is InChI=1S/C17H29N3O2S/c1-8-19(11-12(2)3)16(21)15(6)23-17-18-13(4)14(5)20(17)9-10-22-7/h15H,2,8-11H2,1,3-7H3. The summed E-state index contributed by atoms with van der Waals surface area (Å²) in [6.45, 7) is 16.5. The second-order valence-corrected chi connectivity index (χ2v) is 7.09. The molecule has 1 amide bonds. The number of rotatable bonds is 9. The summed E-state index contributed by atoms with van der Waals surface area (Å²) in [6.07, 6.45) is 0. The lowest BCUT2D eigenvalue weighted by Gasteiger charge is -2.24. The third-order valence-corrected chi connectivity index (χ3v) is 4.80. The molecule has 1 heterocycles. The van der Waals surface area contributed by atoms with Gasteiger partial charge in [-0.3, -0.25) is 4.79 Å². The Balaban J connectivity index is 2.87. The highest BCUT2D eigenvalue weighted by Crippen LogP contribution is 2.26. The number of carbonyl (C=O) groups excluding carboxylic acids is 1. The van der Waals surface area contributed by atoms with Crippen molar-refractivity contribution in [2.45, 2.75) is 51.6 Å². The molecule has 5 nitrogen and oxygen atoms in total. The van der Waals surface area contributed by atoms with Crippen LogP contribution in [0.5, 0.6) is 0 Å². The molecule has 0 saturated heterocycles. The second kappa shape index (κ2) is 9.13. The van der Waals surface area contributed by atoms with E-state index in [1.54, 1.807) is 7.11 Å². The van der Waals surface area contributed by atoms with E-state index in [1.807, 2.05) is 39.5 Å². The third-order valence-electron chi connectivity index (χ3n) is 3.73. The molecule has 0 bridgehead atoms. The van der Waals surface area contributed by atoms with Crippen LogP contribution in [-0.4, -0.2) is 52.4 Å². The van der Waals surface area contributed by atoms with Crippen LogP contribution in [0.1, 0.15) is 32.2 Å². The van der Waals surface area contributed by atoms with Crippen LogP contribution in [-0.2, 0) is 16.1 Å². The van der Waals surface area contributed by atoms with E-state index in [9.17, 15) is 4.79 Å². The number of aromatic nitrogens is 2. The smallest absolute Gasteiger partial charge is 0.236 e. The van der Waals surface area contributed by atoms with Gasteiger partial charge >= 0.3 is 0 Å². The minimum atomic E-state index is -0.184. The number of carbonyl (C=O) groups is 1. The Morgan fingerprint density at radius 1 is 1.48 bits per heavy atom. The molecule has 0 aliphatic heterocycles. The van der Waals surface area contributed by atoms with Crippen LogP contribution >= 0.6 is 11.8 Å². The highest BCUT2D eigenvalue weighted by atomic mass is 32.2. The fourth-order valence-corrected chi connectivity index (χ4v) is 3.41. The monoisotopic (exact) mass is 339 g/mol. The van der Waals surface area contributed by atoms with Crippen molar-refractivity contribution in [3.05, 3.63) is 23.5 Å². The zero-order valence-corrected chi connectivity index (χ0v) is 16.0. The summed E-state index contributed by atoms with van der Waals surface area (Å²) in [7, 11) is 1.69. The van der Waals surface area contributed by atoms with Crippen molar-refractivity contribution in [1.82, 2.24) is 14.5 Å². The molecular weight excluding hydrogens is 310 g/mol. The maximum absolute atomic E-state index is 12.6. The predicted octanol–water partition coefficient (Wildman–Crippen LogP) is 3.05. The maximum atomic E-state index is 12.6. The van der Waals surface area contributed by atoms with E-state index in [-0.39, 0.29) is 11.2 Å². The summed E-state index contributed by atoms with van der Waals surface area (Å²) in [4.78, 5) is 19.1. The lowest BCUT2D eigenvalue weighted by molar-refractivity contribution is -0.129. The molecule has 1 rings (SSSR count). The minimum absolute atomic E-state index is 0.122. The maximum Gasteiger partial charge on any atom is 0.236 e. The molecule has 0 aliphatic rings. The Hall–Kier alpha value is -1.27. The summed E-state index contributed by atoms with van der Waals surface area (Å²) < 4.78 is 7.30.